The predicted octanol–water partition coefficient (Wildman–Crippen LogP) is 2.74. The van der Waals surface area contributed by atoms with E-state index in [-0.39, 0.29) is 5.91 Å². The Bertz CT molecular complexity index is 834. The first-order valence-electron chi connectivity index (χ1n) is 9.51. The molecule has 0 radical (unpaired) electrons. The zero-order valence-corrected chi connectivity index (χ0v) is 16.0. The maximum absolute atomic E-state index is 12.4. The van der Waals surface area contributed by atoms with Gasteiger partial charge >= 0.3 is 0 Å². The summed E-state index contributed by atoms with van der Waals surface area (Å²) in [5, 5.41) is 2.92. The van der Waals surface area contributed by atoms with E-state index < -0.39 is 5.54 Å². The molecule has 0 atom stereocenters. The van der Waals surface area contributed by atoms with Gasteiger partial charge in [-0.15, -0.1) is 0 Å². The summed E-state index contributed by atoms with van der Waals surface area (Å²) >= 11 is 0. The SMILES string of the molecule is CN(C)C1=NC2(CCN(Cc3ccc(-c4ccccc4)cc3)CC2)C(=O)N1. The Morgan fingerprint density at radius 1 is 1.00 bits per heavy atom. The third kappa shape index (κ3) is 3.60. The molecular formula is C22H26N4O. The fraction of sp³-hybridized carbons (Fsp3) is 0.364. The number of benzene rings is 2. The van der Waals surface area contributed by atoms with Crippen molar-refractivity contribution in [3.8, 4) is 11.1 Å². The molecule has 0 aliphatic carbocycles. The summed E-state index contributed by atoms with van der Waals surface area (Å²) in [5.74, 6) is 0.739. The lowest BCUT2D eigenvalue weighted by Gasteiger charge is -2.35. The van der Waals surface area contributed by atoms with E-state index in [1.165, 1.54) is 16.7 Å². The highest BCUT2D eigenvalue weighted by Crippen LogP contribution is 2.31. The summed E-state index contributed by atoms with van der Waals surface area (Å²) in [5.41, 5.74) is 3.22. The van der Waals surface area contributed by atoms with Gasteiger partial charge in [-0.1, -0.05) is 54.6 Å². The first-order chi connectivity index (χ1) is 13.1. The van der Waals surface area contributed by atoms with Gasteiger partial charge in [0, 0.05) is 33.7 Å². The molecular weight excluding hydrogens is 336 g/mol. The maximum atomic E-state index is 12.4. The number of rotatable bonds is 3. The monoisotopic (exact) mass is 362 g/mol. The van der Waals surface area contributed by atoms with Crippen molar-refractivity contribution < 1.29 is 4.79 Å². The molecule has 2 aliphatic heterocycles. The molecule has 0 unspecified atom stereocenters. The summed E-state index contributed by atoms with van der Waals surface area (Å²) in [4.78, 5) is 21.4. The summed E-state index contributed by atoms with van der Waals surface area (Å²) < 4.78 is 0. The van der Waals surface area contributed by atoms with Crippen LogP contribution in [0.4, 0.5) is 0 Å². The van der Waals surface area contributed by atoms with Crippen molar-refractivity contribution in [2.75, 3.05) is 27.2 Å². The van der Waals surface area contributed by atoms with E-state index in [9.17, 15) is 4.79 Å². The highest BCUT2D eigenvalue weighted by molar-refractivity contribution is 6.07. The van der Waals surface area contributed by atoms with E-state index in [4.69, 9.17) is 4.99 Å². The molecule has 0 bridgehead atoms. The smallest absolute Gasteiger partial charge is 0.254 e. The van der Waals surface area contributed by atoms with E-state index in [1.807, 2.05) is 25.1 Å². The minimum absolute atomic E-state index is 0.0538. The van der Waals surface area contributed by atoms with Crippen LogP contribution in [0.2, 0.25) is 0 Å². The van der Waals surface area contributed by atoms with Gasteiger partial charge in [-0.05, 0) is 29.5 Å². The molecule has 140 valence electrons. The van der Waals surface area contributed by atoms with Crippen molar-refractivity contribution in [1.29, 1.82) is 0 Å². The predicted molar refractivity (Wildman–Crippen MR) is 108 cm³/mol. The Labute approximate surface area is 160 Å². The first-order valence-corrected chi connectivity index (χ1v) is 9.51. The highest BCUT2D eigenvalue weighted by Gasteiger charge is 2.46. The Hall–Kier alpha value is -2.66. The molecule has 2 heterocycles. The van der Waals surface area contributed by atoms with Crippen LogP contribution in [0.5, 0.6) is 0 Å². The van der Waals surface area contributed by atoms with Crippen molar-refractivity contribution in [3.63, 3.8) is 0 Å². The number of hydrogen-bond acceptors (Lipinski definition) is 4. The van der Waals surface area contributed by atoms with Gasteiger partial charge in [-0.25, -0.2) is 4.99 Å². The summed E-state index contributed by atoms with van der Waals surface area (Å²) in [6.07, 6.45) is 1.55. The number of hydrogen-bond donors (Lipinski definition) is 1. The number of amides is 1. The van der Waals surface area contributed by atoms with Gasteiger partial charge < -0.3 is 4.90 Å². The minimum atomic E-state index is -0.562. The zero-order chi connectivity index (χ0) is 18.9. The van der Waals surface area contributed by atoms with Gasteiger partial charge in [0.1, 0.15) is 5.54 Å². The number of carbonyl (C=O) groups is 1. The van der Waals surface area contributed by atoms with Crippen LogP contribution in [0.3, 0.4) is 0 Å². The fourth-order valence-corrected chi connectivity index (χ4v) is 3.82. The molecule has 1 N–H and O–H groups in total. The Kier molecular flexibility index (Phi) is 4.70. The lowest BCUT2D eigenvalue weighted by Crippen LogP contribution is -2.49. The average molecular weight is 362 g/mol. The molecule has 1 fully saturated rings. The fourth-order valence-electron chi connectivity index (χ4n) is 3.82. The second kappa shape index (κ2) is 7.16. The molecule has 5 heteroatoms. The molecule has 4 rings (SSSR count). The zero-order valence-electron chi connectivity index (χ0n) is 16.0. The molecule has 0 aromatic heterocycles. The summed E-state index contributed by atoms with van der Waals surface area (Å²) in [6, 6.07) is 19.2. The maximum Gasteiger partial charge on any atom is 0.254 e. The van der Waals surface area contributed by atoms with E-state index >= 15 is 0 Å². The van der Waals surface area contributed by atoms with Gasteiger partial charge in [0.15, 0.2) is 0 Å². The van der Waals surface area contributed by atoms with Crippen molar-refractivity contribution in [3.05, 3.63) is 60.2 Å². The molecule has 1 spiro atoms. The Morgan fingerprint density at radius 3 is 2.22 bits per heavy atom. The minimum Gasteiger partial charge on any atom is -0.349 e. The van der Waals surface area contributed by atoms with Crippen LogP contribution < -0.4 is 5.32 Å². The number of likely N-dealkylation sites (tertiary alicyclic amines) is 1. The first kappa shape index (κ1) is 17.7. The van der Waals surface area contributed by atoms with Crippen LogP contribution in [0.15, 0.2) is 59.6 Å². The van der Waals surface area contributed by atoms with Crippen LogP contribution >= 0.6 is 0 Å². The Morgan fingerprint density at radius 2 is 1.63 bits per heavy atom. The molecule has 2 aromatic rings. The van der Waals surface area contributed by atoms with Gasteiger partial charge in [0.25, 0.3) is 5.91 Å². The van der Waals surface area contributed by atoms with E-state index in [0.29, 0.717) is 5.96 Å². The largest absolute Gasteiger partial charge is 0.349 e. The third-order valence-electron chi connectivity index (χ3n) is 5.54. The lowest BCUT2D eigenvalue weighted by molar-refractivity contribution is -0.125. The number of aliphatic imine (C=N–C) groups is 1. The number of piperidine rings is 1. The van der Waals surface area contributed by atoms with Gasteiger partial charge in [-0.3, -0.25) is 15.0 Å². The van der Waals surface area contributed by atoms with Gasteiger partial charge in [-0.2, -0.15) is 0 Å². The van der Waals surface area contributed by atoms with Crippen molar-refractivity contribution >= 4 is 11.9 Å². The van der Waals surface area contributed by atoms with Crippen LogP contribution in [0.1, 0.15) is 18.4 Å². The second-order valence-electron chi connectivity index (χ2n) is 7.65. The standard InChI is InChI=1S/C22H26N4O/c1-25(2)21-23-20(27)22(24-21)12-14-26(15-13-22)16-17-8-10-19(11-9-17)18-6-4-3-5-7-18/h3-11H,12-16H2,1-2H3,(H,23,24,27). The van der Waals surface area contributed by atoms with Gasteiger partial charge in [0.05, 0.1) is 0 Å². The van der Waals surface area contributed by atoms with E-state index in [0.717, 1.165) is 32.5 Å². The van der Waals surface area contributed by atoms with Crippen LogP contribution in [0, 0.1) is 0 Å². The van der Waals surface area contributed by atoms with E-state index in [1.54, 1.807) is 0 Å². The highest BCUT2D eigenvalue weighted by atomic mass is 16.2. The van der Waals surface area contributed by atoms with Crippen LogP contribution in [0.25, 0.3) is 11.1 Å². The molecule has 0 saturated carbocycles. The lowest BCUT2D eigenvalue weighted by atomic mass is 9.88. The molecule has 2 aromatic carbocycles. The van der Waals surface area contributed by atoms with E-state index in [2.05, 4.69) is 58.7 Å². The Balaban J connectivity index is 1.38. The molecule has 1 saturated heterocycles. The van der Waals surface area contributed by atoms with Gasteiger partial charge in [0.2, 0.25) is 5.96 Å². The third-order valence-corrected chi connectivity index (χ3v) is 5.54. The number of carbonyl (C=O) groups excluding carboxylic acids is 1. The van der Waals surface area contributed by atoms with Crippen LogP contribution in [-0.2, 0) is 11.3 Å². The summed E-state index contributed by atoms with van der Waals surface area (Å²) in [6.45, 7) is 2.69. The van der Waals surface area contributed by atoms with Crippen molar-refractivity contribution in [1.82, 2.24) is 15.1 Å². The topological polar surface area (TPSA) is 47.9 Å². The van der Waals surface area contributed by atoms with Crippen molar-refractivity contribution in [2.45, 2.75) is 24.9 Å². The number of nitrogens with zero attached hydrogens (tertiary/aromatic N) is 3. The number of nitrogens with one attached hydrogen (secondary N) is 1. The average Bonchev–Trinajstić information content (AvgIpc) is 3.02. The second-order valence-corrected chi connectivity index (χ2v) is 7.65. The van der Waals surface area contributed by atoms with Crippen molar-refractivity contribution in [2.24, 2.45) is 4.99 Å². The normalized spacial score (nSPS) is 19.0. The summed E-state index contributed by atoms with van der Waals surface area (Å²) in [7, 11) is 3.82. The molecule has 5 nitrogen and oxygen atoms in total. The molecule has 27 heavy (non-hydrogen) atoms. The quantitative estimate of drug-likeness (QED) is 0.913. The molecule has 1 amide bonds. The number of guanidine groups is 1. The molecule has 2 aliphatic rings. The van der Waals surface area contributed by atoms with Crippen LogP contribution in [-0.4, -0.2) is 54.4 Å².